The smallest absolute Gasteiger partial charge is 0.162 e. The first-order valence-corrected chi connectivity index (χ1v) is 13.3. The molecular formula is C32H37F3. The first-order chi connectivity index (χ1) is 17.0. The van der Waals surface area contributed by atoms with Crippen molar-refractivity contribution in [3.05, 3.63) is 94.3 Å². The van der Waals surface area contributed by atoms with Crippen LogP contribution < -0.4 is 0 Å². The first kappa shape index (κ1) is 25.5. The summed E-state index contributed by atoms with van der Waals surface area (Å²) in [4.78, 5) is 0. The van der Waals surface area contributed by atoms with E-state index in [1.165, 1.54) is 6.42 Å². The number of aryl methyl sites for hydroxylation is 3. The molecular weight excluding hydrogens is 441 g/mol. The monoisotopic (exact) mass is 478 g/mol. The highest BCUT2D eigenvalue weighted by molar-refractivity contribution is 5.64. The SMILES string of the molecule is CCCCc1ccc(-c2ccc(CCc3ccc(C4CCC(CC)CC4)c(F)c3F)cc2)cc1F. The van der Waals surface area contributed by atoms with Crippen molar-refractivity contribution in [3.63, 3.8) is 0 Å². The average molecular weight is 479 g/mol. The van der Waals surface area contributed by atoms with Gasteiger partial charge in [0.05, 0.1) is 0 Å². The molecule has 186 valence electrons. The molecule has 1 aliphatic carbocycles. The Kier molecular flexibility index (Phi) is 8.70. The van der Waals surface area contributed by atoms with E-state index in [9.17, 15) is 13.2 Å². The molecule has 0 radical (unpaired) electrons. The van der Waals surface area contributed by atoms with Gasteiger partial charge in [-0.3, -0.25) is 0 Å². The molecule has 3 aromatic carbocycles. The van der Waals surface area contributed by atoms with Gasteiger partial charge in [0, 0.05) is 0 Å². The second-order valence-corrected chi connectivity index (χ2v) is 10.2. The summed E-state index contributed by atoms with van der Waals surface area (Å²) in [6.45, 7) is 4.31. The highest BCUT2D eigenvalue weighted by Gasteiger charge is 2.25. The molecule has 4 rings (SSSR count). The standard InChI is InChI=1S/C32H37F3/c1-3-5-6-26-17-18-28(21-30(26)33)24-12-9-23(10-13-24)11-16-27-19-20-29(32(35)31(27)34)25-14-7-22(4-2)8-15-25/h9-10,12-13,17-22,25H,3-8,11,14-16H2,1-2H3. The fraction of sp³-hybridized carbons (Fsp3) is 0.438. The van der Waals surface area contributed by atoms with Crippen LogP contribution in [0.4, 0.5) is 13.2 Å². The molecule has 35 heavy (non-hydrogen) atoms. The Morgan fingerprint density at radius 1 is 0.686 bits per heavy atom. The number of unbranched alkanes of at least 4 members (excludes halogenated alkanes) is 1. The third-order valence-electron chi connectivity index (χ3n) is 7.88. The molecule has 0 unspecified atom stereocenters. The minimum atomic E-state index is -0.685. The van der Waals surface area contributed by atoms with E-state index in [1.807, 2.05) is 42.5 Å². The molecule has 1 fully saturated rings. The molecule has 0 aliphatic heterocycles. The Morgan fingerprint density at radius 2 is 1.37 bits per heavy atom. The van der Waals surface area contributed by atoms with Gasteiger partial charge in [-0.05, 0) is 103 Å². The topological polar surface area (TPSA) is 0 Å². The molecule has 0 amide bonds. The van der Waals surface area contributed by atoms with Crippen LogP contribution in [0.3, 0.4) is 0 Å². The maximum atomic E-state index is 14.9. The van der Waals surface area contributed by atoms with Crippen molar-refractivity contribution >= 4 is 0 Å². The third kappa shape index (κ3) is 6.18. The van der Waals surface area contributed by atoms with E-state index in [1.54, 1.807) is 12.1 Å². The van der Waals surface area contributed by atoms with Crippen molar-refractivity contribution in [1.29, 1.82) is 0 Å². The zero-order valence-corrected chi connectivity index (χ0v) is 21.1. The van der Waals surface area contributed by atoms with Crippen LogP contribution in [-0.2, 0) is 19.3 Å². The summed E-state index contributed by atoms with van der Waals surface area (Å²) in [7, 11) is 0. The third-order valence-corrected chi connectivity index (χ3v) is 7.88. The summed E-state index contributed by atoms with van der Waals surface area (Å²) >= 11 is 0. The van der Waals surface area contributed by atoms with E-state index in [-0.39, 0.29) is 11.7 Å². The molecule has 0 bridgehead atoms. The second-order valence-electron chi connectivity index (χ2n) is 10.2. The molecule has 0 N–H and O–H groups in total. The van der Waals surface area contributed by atoms with Gasteiger partial charge in [0.15, 0.2) is 11.6 Å². The van der Waals surface area contributed by atoms with Crippen LogP contribution >= 0.6 is 0 Å². The molecule has 0 saturated heterocycles. The average Bonchev–Trinajstić information content (AvgIpc) is 2.89. The molecule has 1 aliphatic rings. The Balaban J connectivity index is 1.38. The lowest BCUT2D eigenvalue weighted by Gasteiger charge is -2.28. The van der Waals surface area contributed by atoms with Crippen molar-refractivity contribution in [3.8, 4) is 11.1 Å². The molecule has 0 nitrogen and oxygen atoms in total. The van der Waals surface area contributed by atoms with Crippen LogP contribution in [0, 0.1) is 23.4 Å². The maximum Gasteiger partial charge on any atom is 0.162 e. The zero-order valence-electron chi connectivity index (χ0n) is 21.1. The summed E-state index contributed by atoms with van der Waals surface area (Å²) in [6, 6.07) is 17.0. The number of hydrogen-bond donors (Lipinski definition) is 0. The van der Waals surface area contributed by atoms with Crippen LogP contribution in [0.15, 0.2) is 54.6 Å². The van der Waals surface area contributed by atoms with E-state index in [0.29, 0.717) is 24.0 Å². The first-order valence-electron chi connectivity index (χ1n) is 13.3. The van der Waals surface area contributed by atoms with Crippen molar-refractivity contribution in [2.75, 3.05) is 0 Å². The van der Waals surface area contributed by atoms with Crippen LogP contribution in [0.1, 0.15) is 87.0 Å². The van der Waals surface area contributed by atoms with Gasteiger partial charge in [-0.15, -0.1) is 0 Å². The summed E-state index contributed by atoms with van der Waals surface area (Å²) < 4.78 is 44.2. The molecule has 0 aromatic heterocycles. The molecule has 0 heterocycles. The van der Waals surface area contributed by atoms with Crippen molar-refractivity contribution in [2.45, 2.75) is 84.0 Å². The fourth-order valence-corrected chi connectivity index (χ4v) is 5.43. The van der Waals surface area contributed by atoms with Gasteiger partial charge >= 0.3 is 0 Å². The van der Waals surface area contributed by atoms with E-state index in [0.717, 1.165) is 73.1 Å². The molecule has 0 atom stereocenters. The lowest BCUT2D eigenvalue weighted by atomic mass is 9.77. The fourth-order valence-electron chi connectivity index (χ4n) is 5.43. The molecule has 1 saturated carbocycles. The number of hydrogen-bond acceptors (Lipinski definition) is 0. The highest BCUT2D eigenvalue weighted by atomic mass is 19.2. The summed E-state index contributed by atoms with van der Waals surface area (Å²) in [5.74, 6) is -0.620. The van der Waals surface area contributed by atoms with Crippen LogP contribution in [0.25, 0.3) is 11.1 Å². The van der Waals surface area contributed by atoms with E-state index in [4.69, 9.17) is 0 Å². The number of benzene rings is 3. The predicted octanol–water partition coefficient (Wildman–Crippen LogP) is 9.58. The largest absolute Gasteiger partial charge is 0.207 e. The van der Waals surface area contributed by atoms with Gasteiger partial charge in [0.2, 0.25) is 0 Å². The van der Waals surface area contributed by atoms with E-state index in [2.05, 4.69) is 13.8 Å². The molecule has 3 aromatic rings. The van der Waals surface area contributed by atoms with Gasteiger partial charge < -0.3 is 0 Å². The Labute approximate surface area is 208 Å². The Bertz CT molecular complexity index is 1110. The number of halogens is 3. The minimum Gasteiger partial charge on any atom is -0.207 e. The second kappa shape index (κ2) is 11.9. The lowest BCUT2D eigenvalue weighted by Crippen LogP contribution is -2.14. The van der Waals surface area contributed by atoms with Gasteiger partial charge in [0.25, 0.3) is 0 Å². The predicted molar refractivity (Wildman–Crippen MR) is 139 cm³/mol. The normalized spacial score (nSPS) is 18.1. The minimum absolute atomic E-state index is 0.138. The van der Waals surface area contributed by atoms with Gasteiger partial charge in [0.1, 0.15) is 5.82 Å². The van der Waals surface area contributed by atoms with Crippen molar-refractivity contribution in [1.82, 2.24) is 0 Å². The van der Waals surface area contributed by atoms with Crippen LogP contribution in [-0.4, -0.2) is 0 Å². The van der Waals surface area contributed by atoms with Crippen molar-refractivity contribution < 1.29 is 13.2 Å². The number of rotatable bonds is 9. The van der Waals surface area contributed by atoms with Gasteiger partial charge in [-0.25, -0.2) is 13.2 Å². The van der Waals surface area contributed by atoms with E-state index < -0.39 is 11.6 Å². The summed E-state index contributed by atoms with van der Waals surface area (Å²) in [6.07, 6.45) is 9.16. The van der Waals surface area contributed by atoms with E-state index >= 15 is 0 Å². The van der Waals surface area contributed by atoms with Crippen molar-refractivity contribution in [2.24, 2.45) is 5.92 Å². The highest BCUT2D eigenvalue weighted by Crippen LogP contribution is 2.38. The van der Waals surface area contributed by atoms with Gasteiger partial charge in [-0.1, -0.05) is 75.2 Å². The summed E-state index contributed by atoms with van der Waals surface area (Å²) in [5.41, 5.74) is 4.61. The van der Waals surface area contributed by atoms with Gasteiger partial charge in [-0.2, -0.15) is 0 Å². The quantitative estimate of drug-likeness (QED) is 0.287. The van der Waals surface area contributed by atoms with Crippen LogP contribution in [0.2, 0.25) is 0 Å². The Morgan fingerprint density at radius 3 is 2.03 bits per heavy atom. The van der Waals surface area contributed by atoms with Crippen LogP contribution in [0.5, 0.6) is 0 Å². The summed E-state index contributed by atoms with van der Waals surface area (Å²) in [5, 5.41) is 0. The zero-order chi connectivity index (χ0) is 24.8. The maximum absolute atomic E-state index is 14.9. The molecule has 0 spiro atoms. The molecule has 3 heteroatoms. The lowest BCUT2D eigenvalue weighted by molar-refractivity contribution is 0.312. The Hall–Kier alpha value is -2.55.